The van der Waals surface area contributed by atoms with Crippen molar-refractivity contribution >= 4 is 40.6 Å². The normalized spacial score (nSPS) is 11.0. The van der Waals surface area contributed by atoms with Gasteiger partial charge < -0.3 is 9.47 Å². The van der Waals surface area contributed by atoms with Crippen LogP contribution in [0.2, 0.25) is 5.02 Å². The number of amides is 1. The van der Waals surface area contributed by atoms with Crippen LogP contribution in [0.15, 0.2) is 77.3 Å². The van der Waals surface area contributed by atoms with E-state index in [9.17, 15) is 4.79 Å². The Morgan fingerprint density at radius 2 is 1.88 bits per heavy atom. The number of benzene rings is 2. The average molecular weight is 497 g/mol. The fourth-order valence-electron chi connectivity index (χ4n) is 3.47. The Kier molecular flexibility index (Phi) is 8.20. The van der Waals surface area contributed by atoms with Crippen molar-refractivity contribution in [1.82, 2.24) is 19.7 Å². The molecule has 1 amide bonds. The zero-order valence-corrected chi connectivity index (χ0v) is 20.7. The van der Waals surface area contributed by atoms with E-state index < -0.39 is 0 Å². The maximum atomic E-state index is 12.8. The summed E-state index contributed by atoms with van der Waals surface area (Å²) in [7, 11) is 1.81. The Hall–Kier alpha value is -2.61. The molecule has 0 aliphatic heterocycles. The molecular formula is C25H25ClN4OS2. The summed E-state index contributed by atoms with van der Waals surface area (Å²) in [6, 6.07) is 22.1. The highest BCUT2D eigenvalue weighted by Crippen LogP contribution is 2.22. The van der Waals surface area contributed by atoms with E-state index in [1.54, 1.807) is 16.2 Å². The van der Waals surface area contributed by atoms with Gasteiger partial charge in [0.2, 0.25) is 5.91 Å². The van der Waals surface area contributed by atoms with Gasteiger partial charge in [-0.05, 0) is 41.1 Å². The molecule has 8 heteroatoms. The summed E-state index contributed by atoms with van der Waals surface area (Å²) in [6.45, 7) is 1.29. The predicted molar refractivity (Wildman–Crippen MR) is 136 cm³/mol. The van der Waals surface area contributed by atoms with Gasteiger partial charge in [-0.1, -0.05) is 71.9 Å². The van der Waals surface area contributed by atoms with E-state index in [1.165, 1.54) is 22.2 Å². The monoisotopic (exact) mass is 496 g/mol. The number of carbonyl (C=O) groups is 1. The fraction of sp³-hybridized carbons (Fsp3) is 0.240. The first kappa shape index (κ1) is 23.5. The van der Waals surface area contributed by atoms with Gasteiger partial charge in [0.25, 0.3) is 0 Å². The van der Waals surface area contributed by atoms with E-state index >= 15 is 0 Å². The van der Waals surface area contributed by atoms with Crippen LogP contribution in [-0.2, 0) is 30.7 Å². The molecule has 0 saturated heterocycles. The third kappa shape index (κ3) is 6.69. The second kappa shape index (κ2) is 11.5. The molecule has 0 aliphatic rings. The number of thioether (sulfide) groups is 1. The Balaban J connectivity index is 1.43. The number of aromatic nitrogens is 3. The van der Waals surface area contributed by atoms with Crippen LogP contribution in [-0.4, -0.2) is 38.4 Å². The Labute approximate surface area is 207 Å². The zero-order chi connectivity index (χ0) is 23.0. The Morgan fingerprint density at radius 3 is 2.64 bits per heavy atom. The van der Waals surface area contributed by atoms with Crippen LogP contribution in [0.3, 0.4) is 0 Å². The maximum Gasteiger partial charge on any atom is 0.233 e. The Morgan fingerprint density at radius 1 is 1.06 bits per heavy atom. The van der Waals surface area contributed by atoms with Crippen molar-refractivity contribution in [3.8, 4) is 0 Å². The lowest BCUT2D eigenvalue weighted by Gasteiger charge is -2.17. The van der Waals surface area contributed by atoms with Crippen LogP contribution in [0.5, 0.6) is 0 Å². The molecule has 2 aromatic heterocycles. The third-order valence-electron chi connectivity index (χ3n) is 5.23. The van der Waals surface area contributed by atoms with Crippen molar-refractivity contribution in [2.24, 2.45) is 0 Å². The molecule has 0 spiro atoms. The average Bonchev–Trinajstić information content (AvgIpc) is 3.47. The molecular weight excluding hydrogens is 472 g/mol. The van der Waals surface area contributed by atoms with Gasteiger partial charge in [0, 0.05) is 36.5 Å². The van der Waals surface area contributed by atoms with E-state index in [0.717, 1.165) is 35.9 Å². The molecule has 33 heavy (non-hydrogen) atoms. The Bertz CT molecular complexity index is 1180. The largest absolute Gasteiger partial charge is 0.341 e. The fourth-order valence-corrected chi connectivity index (χ4v) is 5.31. The molecule has 0 fully saturated rings. The van der Waals surface area contributed by atoms with Gasteiger partial charge in [-0.25, -0.2) is 0 Å². The first-order chi connectivity index (χ1) is 16.1. The van der Waals surface area contributed by atoms with Gasteiger partial charge in [-0.3, -0.25) is 4.79 Å². The second-order valence-electron chi connectivity index (χ2n) is 7.71. The van der Waals surface area contributed by atoms with Crippen LogP contribution in [0, 0.1) is 0 Å². The van der Waals surface area contributed by atoms with Gasteiger partial charge in [0.15, 0.2) is 5.16 Å². The molecule has 0 bridgehead atoms. The molecule has 2 heterocycles. The summed E-state index contributed by atoms with van der Waals surface area (Å²) in [5.41, 5.74) is 2.27. The minimum atomic E-state index is 0.0393. The third-order valence-corrected chi connectivity index (χ3v) is 7.30. The molecule has 5 nitrogen and oxygen atoms in total. The van der Waals surface area contributed by atoms with Gasteiger partial charge in [-0.2, -0.15) is 0 Å². The van der Waals surface area contributed by atoms with Gasteiger partial charge >= 0.3 is 0 Å². The lowest BCUT2D eigenvalue weighted by atomic mass is 10.1. The van der Waals surface area contributed by atoms with Crippen molar-refractivity contribution in [3.63, 3.8) is 0 Å². The summed E-state index contributed by atoms with van der Waals surface area (Å²) < 4.78 is 2.15. The topological polar surface area (TPSA) is 51.0 Å². The summed E-state index contributed by atoms with van der Waals surface area (Å²) >= 11 is 9.23. The number of halogens is 1. The number of hydrogen-bond acceptors (Lipinski definition) is 5. The highest BCUT2D eigenvalue weighted by Gasteiger charge is 2.17. The maximum absolute atomic E-state index is 12.8. The van der Waals surface area contributed by atoms with Crippen molar-refractivity contribution < 1.29 is 4.79 Å². The minimum Gasteiger partial charge on any atom is -0.341 e. The number of aryl methyl sites for hydroxylation is 1. The number of nitrogens with zero attached hydrogens (tertiary/aromatic N) is 4. The van der Waals surface area contributed by atoms with E-state index in [4.69, 9.17) is 11.6 Å². The lowest BCUT2D eigenvalue weighted by molar-refractivity contribution is -0.127. The van der Waals surface area contributed by atoms with Crippen molar-refractivity contribution in [2.45, 2.75) is 31.1 Å². The van der Waals surface area contributed by atoms with Crippen molar-refractivity contribution in [3.05, 3.63) is 99.0 Å². The number of thiophene rings is 1. The van der Waals surface area contributed by atoms with E-state index in [0.29, 0.717) is 17.3 Å². The van der Waals surface area contributed by atoms with E-state index in [2.05, 4.69) is 56.5 Å². The predicted octanol–water partition coefficient (Wildman–Crippen LogP) is 5.58. The molecule has 2 aromatic carbocycles. The number of rotatable bonds is 10. The SMILES string of the molecule is CN(Cc1cccc(Cl)c1)C(=O)CSc1nnc(Cc2cccs2)n1CCc1ccccc1. The summed E-state index contributed by atoms with van der Waals surface area (Å²) in [4.78, 5) is 15.7. The molecule has 0 N–H and O–H groups in total. The van der Waals surface area contributed by atoms with E-state index in [-0.39, 0.29) is 5.91 Å². The molecule has 0 aliphatic carbocycles. The van der Waals surface area contributed by atoms with Gasteiger partial charge in [-0.15, -0.1) is 21.5 Å². The zero-order valence-electron chi connectivity index (χ0n) is 18.4. The first-order valence-electron chi connectivity index (χ1n) is 10.7. The smallest absolute Gasteiger partial charge is 0.233 e. The molecule has 170 valence electrons. The van der Waals surface area contributed by atoms with Crippen LogP contribution < -0.4 is 0 Å². The molecule has 0 atom stereocenters. The van der Waals surface area contributed by atoms with Crippen LogP contribution in [0.1, 0.15) is 21.8 Å². The van der Waals surface area contributed by atoms with Crippen LogP contribution >= 0.6 is 34.7 Å². The van der Waals surface area contributed by atoms with Crippen LogP contribution in [0.4, 0.5) is 0 Å². The standard InChI is InChI=1S/C25H25ClN4OS2/c1-29(17-20-9-5-10-21(26)15-20)24(31)18-33-25-28-27-23(16-22-11-6-14-32-22)30(25)13-12-19-7-3-2-4-8-19/h2-11,14-15H,12-13,16-18H2,1H3. The number of carbonyl (C=O) groups excluding carboxylic acids is 1. The summed E-state index contributed by atoms with van der Waals surface area (Å²) in [5.74, 6) is 1.27. The highest BCUT2D eigenvalue weighted by molar-refractivity contribution is 7.99. The van der Waals surface area contributed by atoms with Crippen molar-refractivity contribution in [2.75, 3.05) is 12.8 Å². The molecule has 4 rings (SSSR count). The second-order valence-corrected chi connectivity index (χ2v) is 10.1. The van der Waals surface area contributed by atoms with Gasteiger partial charge in [0.05, 0.1) is 5.75 Å². The minimum absolute atomic E-state index is 0.0393. The molecule has 0 saturated carbocycles. The lowest BCUT2D eigenvalue weighted by Crippen LogP contribution is -2.28. The summed E-state index contributed by atoms with van der Waals surface area (Å²) in [6.07, 6.45) is 1.62. The number of hydrogen-bond donors (Lipinski definition) is 0. The van der Waals surface area contributed by atoms with E-state index in [1.807, 2.05) is 37.4 Å². The highest BCUT2D eigenvalue weighted by atomic mass is 35.5. The summed E-state index contributed by atoms with van der Waals surface area (Å²) in [5, 5.41) is 12.4. The molecule has 0 radical (unpaired) electrons. The van der Waals surface area contributed by atoms with Crippen LogP contribution in [0.25, 0.3) is 0 Å². The quantitative estimate of drug-likeness (QED) is 0.269. The molecule has 0 unspecified atom stereocenters. The van der Waals surface area contributed by atoms with Crippen molar-refractivity contribution in [1.29, 1.82) is 0 Å². The first-order valence-corrected chi connectivity index (χ1v) is 12.9. The van der Waals surface area contributed by atoms with Gasteiger partial charge in [0.1, 0.15) is 5.82 Å². The molecule has 4 aromatic rings.